The lowest BCUT2D eigenvalue weighted by Gasteiger charge is -2.46. The van der Waals surface area contributed by atoms with E-state index in [1.165, 1.54) is 0 Å². The average Bonchev–Trinajstić information content (AvgIpc) is 2.92. The molecule has 6 heteroatoms. The third-order valence-electron chi connectivity index (χ3n) is 9.37. The van der Waals surface area contributed by atoms with E-state index in [-0.39, 0.29) is 46.3 Å². The van der Waals surface area contributed by atoms with Crippen LogP contribution < -0.4 is 10.6 Å². The number of esters is 2. The van der Waals surface area contributed by atoms with E-state index < -0.39 is 0 Å². The first kappa shape index (κ1) is 32.2. The van der Waals surface area contributed by atoms with Gasteiger partial charge >= 0.3 is 11.9 Å². The molecule has 242 valence electrons. The number of fused-ring (bicyclic) bond motifs is 2. The Kier molecular flexibility index (Phi) is 8.05. The summed E-state index contributed by atoms with van der Waals surface area (Å²) in [5.74, 6) is -0.660. The Labute approximate surface area is 273 Å². The molecule has 2 saturated heterocycles. The molecule has 4 aromatic rings. The highest BCUT2D eigenvalue weighted by atomic mass is 16.5. The molecule has 2 N–H and O–H groups in total. The summed E-state index contributed by atoms with van der Waals surface area (Å²) in [5, 5.41) is 11.2. The summed E-state index contributed by atoms with van der Waals surface area (Å²) in [6.07, 6.45) is 2.56. The van der Waals surface area contributed by atoms with Crippen molar-refractivity contribution in [2.75, 3.05) is 0 Å². The van der Waals surface area contributed by atoms with Gasteiger partial charge in [-0.1, -0.05) is 48.5 Å². The molecule has 6 rings (SSSR count). The first-order valence-electron chi connectivity index (χ1n) is 16.5. The van der Waals surface area contributed by atoms with Crippen LogP contribution in [0.3, 0.4) is 0 Å². The molecule has 0 unspecified atom stereocenters. The summed E-state index contributed by atoms with van der Waals surface area (Å²) in [7, 11) is 0. The zero-order valence-electron chi connectivity index (χ0n) is 28.5. The van der Waals surface area contributed by atoms with Crippen LogP contribution in [0.5, 0.6) is 0 Å². The van der Waals surface area contributed by atoms with Crippen LogP contribution in [0.25, 0.3) is 32.7 Å². The molecule has 0 aliphatic carbocycles. The molecule has 0 radical (unpaired) electrons. The summed E-state index contributed by atoms with van der Waals surface area (Å²) in [6, 6.07) is 23.8. The van der Waals surface area contributed by atoms with Crippen molar-refractivity contribution in [3.05, 3.63) is 83.9 Å². The molecular weight excluding hydrogens is 572 g/mol. The van der Waals surface area contributed by atoms with Crippen LogP contribution in [0.4, 0.5) is 0 Å². The fourth-order valence-electron chi connectivity index (χ4n) is 8.32. The molecule has 0 bridgehead atoms. The number of nitrogens with one attached hydrogen (secondary N) is 2. The number of benzene rings is 4. The number of rotatable bonds is 5. The Morgan fingerprint density at radius 2 is 1.07 bits per heavy atom. The monoisotopic (exact) mass is 620 g/mol. The topological polar surface area (TPSA) is 76.7 Å². The maximum Gasteiger partial charge on any atom is 0.339 e. The lowest BCUT2D eigenvalue weighted by Crippen LogP contribution is -2.59. The van der Waals surface area contributed by atoms with Crippen LogP contribution >= 0.6 is 0 Å². The Hall–Kier alpha value is -3.74. The highest BCUT2D eigenvalue weighted by Gasteiger charge is 2.41. The maximum atomic E-state index is 14.1. The van der Waals surface area contributed by atoms with Gasteiger partial charge in [0, 0.05) is 47.8 Å². The number of piperidine rings is 2. The third-order valence-corrected chi connectivity index (χ3v) is 9.37. The van der Waals surface area contributed by atoms with Gasteiger partial charge in [0.2, 0.25) is 0 Å². The van der Waals surface area contributed by atoms with E-state index >= 15 is 0 Å². The van der Waals surface area contributed by atoms with Gasteiger partial charge in [-0.2, -0.15) is 0 Å². The van der Waals surface area contributed by atoms with Crippen LogP contribution in [-0.2, 0) is 9.47 Å². The minimum atomic E-state index is -0.331. The van der Waals surface area contributed by atoms with Gasteiger partial charge in [0.15, 0.2) is 0 Å². The first-order valence-corrected chi connectivity index (χ1v) is 16.5. The second-order valence-corrected chi connectivity index (χ2v) is 16.1. The average molecular weight is 621 g/mol. The Morgan fingerprint density at radius 1 is 0.565 bits per heavy atom. The van der Waals surface area contributed by atoms with E-state index in [1.807, 2.05) is 60.7 Å². The normalized spacial score (nSPS) is 20.8. The lowest BCUT2D eigenvalue weighted by molar-refractivity contribution is -0.00762. The van der Waals surface area contributed by atoms with Gasteiger partial charge in [0.1, 0.15) is 12.2 Å². The quantitative estimate of drug-likeness (QED) is 0.218. The SMILES string of the molecule is CC1(C)CC(OC(=O)c2ccc3cccc(-c4cc5ccccc5cc4C(=O)OC4CC(C)(C)NC(C)(C)C4)c3c2)CC(C)(C)N1. The third kappa shape index (κ3) is 6.98. The van der Waals surface area contributed by atoms with Gasteiger partial charge in [-0.3, -0.25) is 0 Å². The van der Waals surface area contributed by atoms with Crippen LogP contribution in [0, 0.1) is 0 Å². The Balaban J connectivity index is 1.38. The Morgan fingerprint density at radius 3 is 1.63 bits per heavy atom. The van der Waals surface area contributed by atoms with E-state index in [1.54, 1.807) is 0 Å². The van der Waals surface area contributed by atoms with Crippen LogP contribution in [0.15, 0.2) is 72.8 Å². The van der Waals surface area contributed by atoms with Crippen molar-refractivity contribution in [3.8, 4) is 11.1 Å². The van der Waals surface area contributed by atoms with E-state index in [2.05, 4.69) is 78.2 Å². The van der Waals surface area contributed by atoms with Crippen molar-refractivity contribution in [2.24, 2.45) is 0 Å². The summed E-state index contributed by atoms with van der Waals surface area (Å²) in [6.45, 7) is 17.2. The molecule has 0 aromatic heterocycles. The fourth-order valence-corrected chi connectivity index (χ4v) is 8.32. The van der Waals surface area contributed by atoms with E-state index in [0.717, 1.165) is 58.4 Å². The summed E-state index contributed by atoms with van der Waals surface area (Å²) in [5.41, 5.74) is 2.10. The van der Waals surface area contributed by atoms with Gasteiger partial charge in [0.25, 0.3) is 0 Å². The molecule has 2 fully saturated rings. The molecule has 4 aromatic carbocycles. The molecule has 46 heavy (non-hydrogen) atoms. The number of carbonyl (C=O) groups is 2. The minimum Gasteiger partial charge on any atom is -0.459 e. The summed E-state index contributed by atoms with van der Waals surface area (Å²) >= 11 is 0. The summed E-state index contributed by atoms with van der Waals surface area (Å²) < 4.78 is 12.4. The zero-order valence-corrected chi connectivity index (χ0v) is 28.5. The van der Waals surface area contributed by atoms with Crippen molar-refractivity contribution in [2.45, 2.75) is 115 Å². The van der Waals surface area contributed by atoms with Crippen LogP contribution in [0.1, 0.15) is 102 Å². The van der Waals surface area contributed by atoms with Crippen molar-refractivity contribution in [1.82, 2.24) is 10.6 Å². The smallest absolute Gasteiger partial charge is 0.339 e. The lowest BCUT2D eigenvalue weighted by atomic mass is 9.81. The molecule has 2 heterocycles. The van der Waals surface area contributed by atoms with Crippen molar-refractivity contribution in [3.63, 3.8) is 0 Å². The first-order chi connectivity index (χ1) is 21.5. The van der Waals surface area contributed by atoms with Gasteiger partial charge in [-0.15, -0.1) is 0 Å². The second-order valence-electron chi connectivity index (χ2n) is 16.1. The molecule has 0 atom stereocenters. The second kappa shape index (κ2) is 11.5. The largest absolute Gasteiger partial charge is 0.459 e. The van der Waals surface area contributed by atoms with E-state index in [0.29, 0.717) is 11.1 Å². The van der Waals surface area contributed by atoms with Crippen molar-refractivity contribution < 1.29 is 19.1 Å². The molecule has 0 spiro atoms. The molecule has 6 nitrogen and oxygen atoms in total. The number of carbonyl (C=O) groups excluding carboxylic acids is 2. The molecular formula is C40H48N2O4. The fraction of sp³-hybridized carbons (Fsp3) is 0.450. The number of hydrogen-bond acceptors (Lipinski definition) is 6. The highest BCUT2D eigenvalue weighted by molar-refractivity contribution is 6.09. The molecule has 0 amide bonds. The molecule has 0 saturated carbocycles. The summed E-state index contributed by atoms with van der Waals surface area (Å²) in [4.78, 5) is 27.7. The predicted octanol–water partition coefficient (Wildman–Crippen LogP) is 8.59. The Bertz CT molecular complexity index is 1790. The molecule has 2 aliphatic heterocycles. The highest BCUT2D eigenvalue weighted by Crippen LogP contribution is 2.37. The van der Waals surface area contributed by atoms with Gasteiger partial charge in [-0.25, -0.2) is 9.59 Å². The van der Waals surface area contributed by atoms with E-state index in [9.17, 15) is 9.59 Å². The maximum absolute atomic E-state index is 14.1. The zero-order chi connectivity index (χ0) is 33.1. The number of hydrogen-bond donors (Lipinski definition) is 2. The van der Waals surface area contributed by atoms with Gasteiger partial charge < -0.3 is 20.1 Å². The minimum absolute atomic E-state index is 0.135. The van der Waals surface area contributed by atoms with Crippen LogP contribution in [-0.4, -0.2) is 46.3 Å². The number of ether oxygens (including phenoxy) is 2. The van der Waals surface area contributed by atoms with Crippen molar-refractivity contribution in [1.29, 1.82) is 0 Å². The molecule has 2 aliphatic rings. The van der Waals surface area contributed by atoms with Crippen molar-refractivity contribution >= 4 is 33.5 Å². The predicted molar refractivity (Wildman–Crippen MR) is 186 cm³/mol. The van der Waals surface area contributed by atoms with Gasteiger partial charge in [0.05, 0.1) is 11.1 Å². The standard InChI is InChI=1S/C40H48N2O4/c1-37(2)21-29(22-38(3,4)41-37)45-35(43)28-17-16-25-14-11-15-31(32(25)20-28)33-18-26-12-9-10-13-27(26)19-34(33)36(44)46-30-23-39(5,6)42-40(7,8)24-30/h9-20,29-30,41-42H,21-24H2,1-8H3. The van der Waals surface area contributed by atoms with Crippen LogP contribution in [0.2, 0.25) is 0 Å². The van der Waals surface area contributed by atoms with Gasteiger partial charge in [-0.05, 0) is 112 Å². The van der Waals surface area contributed by atoms with E-state index in [4.69, 9.17) is 9.47 Å².